The molecule has 1 aromatic carbocycles. The van der Waals surface area contributed by atoms with Gasteiger partial charge in [-0.3, -0.25) is 4.79 Å². The van der Waals surface area contributed by atoms with E-state index in [2.05, 4.69) is 16.4 Å². The summed E-state index contributed by atoms with van der Waals surface area (Å²) in [5.74, 6) is 0.221. The lowest BCUT2D eigenvalue weighted by atomic mass is 9.99. The fourth-order valence-electron chi connectivity index (χ4n) is 2.71. The van der Waals surface area contributed by atoms with E-state index in [9.17, 15) is 10.1 Å². The predicted molar refractivity (Wildman–Crippen MR) is 105 cm³/mol. The lowest BCUT2D eigenvalue weighted by molar-refractivity contribution is 0.102. The second-order valence-electron chi connectivity index (χ2n) is 5.45. The molecule has 2 aromatic heterocycles. The van der Waals surface area contributed by atoms with Crippen LogP contribution in [0, 0.1) is 22.9 Å². The van der Waals surface area contributed by atoms with Gasteiger partial charge in [-0.25, -0.2) is 0 Å². The zero-order chi connectivity index (χ0) is 18.7. The molecule has 0 unspecified atom stereocenters. The first kappa shape index (κ1) is 17.9. The normalized spacial score (nSPS) is 10.2. The van der Waals surface area contributed by atoms with Gasteiger partial charge in [0, 0.05) is 16.1 Å². The lowest BCUT2D eigenvalue weighted by Crippen LogP contribution is -2.17. The standard InChI is InChI=1S/C19H15N3O2S2/c1-11-16(18(23)22-13-6-3-4-7-14(13)24-2)17(15-8-5-9-26-15)12(10-20)19(25)21-11/h3-9H,1-2H3,(H,21,25)(H,22,23). The number of aromatic nitrogens is 1. The summed E-state index contributed by atoms with van der Waals surface area (Å²) in [6.07, 6.45) is 0. The van der Waals surface area contributed by atoms with E-state index in [4.69, 9.17) is 17.0 Å². The summed E-state index contributed by atoms with van der Waals surface area (Å²) in [7, 11) is 1.54. The molecule has 0 atom stereocenters. The fraction of sp³-hybridized carbons (Fsp3) is 0.105. The van der Waals surface area contributed by atoms with Crippen LogP contribution < -0.4 is 10.1 Å². The minimum atomic E-state index is -0.335. The Labute approximate surface area is 159 Å². The number of para-hydroxylation sites is 2. The summed E-state index contributed by atoms with van der Waals surface area (Å²) in [5.41, 5.74) is 2.39. The van der Waals surface area contributed by atoms with Crippen LogP contribution in [0.5, 0.6) is 5.75 Å². The SMILES string of the molecule is COc1ccccc1NC(=O)c1c(C)[nH]c(=S)c(C#N)c1-c1cccs1. The molecular weight excluding hydrogens is 366 g/mol. The topological polar surface area (TPSA) is 77.9 Å². The molecular formula is C19H15N3O2S2. The number of H-pyrrole nitrogens is 1. The Hall–Kier alpha value is -2.95. The first-order valence-electron chi connectivity index (χ1n) is 7.72. The quantitative estimate of drug-likeness (QED) is 0.629. The molecule has 0 spiro atoms. The zero-order valence-electron chi connectivity index (χ0n) is 14.1. The van der Waals surface area contributed by atoms with Gasteiger partial charge in [-0.2, -0.15) is 5.26 Å². The smallest absolute Gasteiger partial charge is 0.258 e. The minimum Gasteiger partial charge on any atom is -0.495 e. The molecule has 0 bridgehead atoms. The molecule has 0 saturated carbocycles. The number of aromatic amines is 1. The number of pyridine rings is 1. The largest absolute Gasteiger partial charge is 0.495 e. The molecule has 7 heteroatoms. The van der Waals surface area contributed by atoms with E-state index in [0.717, 1.165) is 4.88 Å². The lowest BCUT2D eigenvalue weighted by Gasteiger charge is -2.15. The Bertz CT molecular complexity index is 1060. The fourth-order valence-corrected chi connectivity index (χ4v) is 3.80. The Balaban J connectivity index is 2.17. The molecule has 3 rings (SSSR count). The van der Waals surface area contributed by atoms with Crippen molar-refractivity contribution in [2.45, 2.75) is 6.92 Å². The number of amides is 1. The molecule has 2 heterocycles. The zero-order valence-corrected chi connectivity index (χ0v) is 15.8. The van der Waals surface area contributed by atoms with Crippen LogP contribution in [-0.4, -0.2) is 18.0 Å². The average molecular weight is 381 g/mol. The monoisotopic (exact) mass is 381 g/mol. The van der Waals surface area contributed by atoms with Crippen molar-refractivity contribution in [1.82, 2.24) is 4.98 Å². The number of hydrogen-bond donors (Lipinski definition) is 2. The third-order valence-electron chi connectivity index (χ3n) is 3.86. The highest BCUT2D eigenvalue weighted by atomic mass is 32.1. The average Bonchev–Trinajstić information content (AvgIpc) is 3.15. The Morgan fingerprint density at radius 2 is 2.08 bits per heavy atom. The van der Waals surface area contributed by atoms with Crippen LogP contribution in [0.1, 0.15) is 21.6 Å². The van der Waals surface area contributed by atoms with Gasteiger partial charge < -0.3 is 15.0 Å². The third-order valence-corrected chi connectivity index (χ3v) is 5.06. The molecule has 130 valence electrons. The second kappa shape index (κ2) is 7.52. The maximum absolute atomic E-state index is 13.1. The second-order valence-corrected chi connectivity index (χ2v) is 6.80. The van der Waals surface area contributed by atoms with Gasteiger partial charge in [-0.15, -0.1) is 11.3 Å². The maximum atomic E-state index is 13.1. The first-order chi connectivity index (χ1) is 12.6. The van der Waals surface area contributed by atoms with Crippen LogP contribution >= 0.6 is 23.6 Å². The van der Waals surface area contributed by atoms with Gasteiger partial charge in [0.05, 0.1) is 23.9 Å². The van der Waals surface area contributed by atoms with E-state index >= 15 is 0 Å². The van der Waals surface area contributed by atoms with Crippen molar-refractivity contribution in [3.8, 4) is 22.3 Å². The molecule has 0 aliphatic rings. The number of benzene rings is 1. The van der Waals surface area contributed by atoms with Gasteiger partial charge in [-0.1, -0.05) is 30.4 Å². The number of nitriles is 1. The molecule has 2 N–H and O–H groups in total. The van der Waals surface area contributed by atoms with Crippen molar-refractivity contribution in [3.63, 3.8) is 0 Å². The number of nitrogens with one attached hydrogen (secondary N) is 2. The number of hydrogen-bond acceptors (Lipinski definition) is 5. The summed E-state index contributed by atoms with van der Waals surface area (Å²) in [6.45, 7) is 1.77. The van der Waals surface area contributed by atoms with Crippen molar-refractivity contribution in [3.05, 3.63) is 63.2 Å². The van der Waals surface area contributed by atoms with Crippen LogP contribution in [0.2, 0.25) is 0 Å². The number of carbonyl (C=O) groups excluding carboxylic acids is 1. The van der Waals surface area contributed by atoms with Gasteiger partial charge in [0.25, 0.3) is 5.91 Å². The summed E-state index contributed by atoms with van der Waals surface area (Å²) >= 11 is 6.74. The van der Waals surface area contributed by atoms with Crippen molar-refractivity contribution < 1.29 is 9.53 Å². The molecule has 0 radical (unpaired) electrons. The number of aryl methyl sites for hydroxylation is 1. The van der Waals surface area contributed by atoms with E-state index < -0.39 is 0 Å². The highest BCUT2D eigenvalue weighted by Gasteiger charge is 2.22. The highest BCUT2D eigenvalue weighted by molar-refractivity contribution is 7.71. The van der Waals surface area contributed by atoms with E-state index in [1.165, 1.54) is 11.3 Å². The number of carbonyl (C=O) groups is 1. The third kappa shape index (κ3) is 3.25. The maximum Gasteiger partial charge on any atom is 0.258 e. The van der Waals surface area contributed by atoms with Gasteiger partial charge in [-0.05, 0) is 30.5 Å². The summed E-state index contributed by atoms with van der Waals surface area (Å²) in [5, 5.41) is 14.3. The number of nitrogens with zero attached hydrogens (tertiary/aromatic N) is 1. The van der Waals surface area contributed by atoms with Crippen molar-refractivity contribution >= 4 is 35.1 Å². The van der Waals surface area contributed by atoms with E-state index in [1.807, 2.05) is 29.6 Å². The molecule has 0 fully saturated rings. The number of rotatable bonds is 4. The number of thiophene rings is 1. The highest BCUT2D eigenvalue weighted by Crippen LogP contribution is 2.34. The van der Waals surface area contributed by atoms with E-state index in [-0.39, 0.29) is 5.91 Å². The Morgan fingerprint density at radius 1 is 1.31 bits per heavy atom. The molecule has 5 nitrogen and oxygen atoms in total. The molecule has 0 saturated heterocycles. The van der Waals surface area contributed by atoms with E-state index in [1.54, 1.807) is 26.2 Å². The van der Waals surface area contributed by atoms with Crippen LogP contribution in [-0.2, 0) is 0 Å². The molecule has 1 amide bonds. The molecule has 0 aliphatic heterocycles. The Kier molecular flexibility index (Phi) is 5.16. The molecule has 0 aliphatic carbocycles. The van der Waals surface area contributed by atoms with Crippen molar-refractivity contribution in [2.24, 2.45) is 0 Å². The molecule has 26 heavy (non-hydrogen) atoms. The first-order valence-corrected chi connectivity index (χ1v) is 9.00. The predicted octanol–water partition coefficient (Wildman–Crippen LogP) is 4.91. The van der Waals surface area contributed by atoms with E-state index in [0.29, 0.717) is 38.5 Å². The van der Waals surface area contributed by atoms with Gasteiger partial charge in [0.15, 0.2) is 0 Å². The molecule has 3 aromatic rings. The van der Waals surface area contributed by atoms with Gasteiger partial charge in [0.2, 0.25) is 0 Å². The summed E-state index contributed by atoms with van der Waals surface area (Å²) in [4.78, 5) is 16.8. The van der Waals surface area contributed by atoms with Crippen molar-refractivity contribution in [1.29, 1.82) is 5.26 Å². The minimum absolute atomic E-state index is 0.290. The van der Waals surface area contributed by atoms with Crippen LogP contribution in [0.15, 0.2) is 41.8 Å². The van der Waals surface area contributed by atoms with Gasteiger partial charge >= 0.3 is 0 Å². The Morgan fingerprint density at radius 3 is 2.73 bits per heavy atom. The van der Waals surface area contributed by atoms with Crippen LogP contribution in [0.3, 0.4) is 0 Å². The number of ether oxygens (including phenoxy) is 1. The van der Waals surface area contributed by atoms with Crippen LogP contribution in [0.4, 0.5) is 5.69 Å². The number of methoxy groups -OCH3 is 1. The summed E-state index contributed by atoms with van der Waals surface area (Å²) < 4.78 is 5.61. The number of anilines is 1. The van der Waals surface area contributed by atoms with Gasteiger partial charge in [0.1, 0.15) is 16.5 Å². The van der Waals surface area contributed by atoms with Crippen molar-refractivity contribution in [2.75, 3.05) is 12.4 Å². The van der Waals surface area contributed by atoms with Crippen LogP contribution in [0.25, 0.3) is 10.4 Å². The summed E-state index contributed by atoms with van der Waals surface area (Å²) in [6, 6.07) is 13.0.